The second kappa shape index (κ2) is 10.4. The van der Waals surface area contributed by atoms with Gasteiger partial charge in [-0.25, -0.2) is 0 Å². The Bertz CT molecular complexity index is 1220. The monoisotopic (exact) mass is 474 g/mol. The van der Waals surface area contributed by atoms with E-state index in [0.717, 1.165) is 51.8 Å². The van der Waals surface area contributed by atoms with Crippen molar-refractivity contribution in [2.75, 3.05) is 6.54 Å². The van der Waals surface area contributed by atoms with Gasteiger partial charge in [0.1, 0.15) is 0 Å². The molecule has 1 fully saturated rings. The number of unbranched alkanes of at least 4 members (excludes halogenated alkanes) is 1. The molecule has 0 unspecified atom stereocenters. The number of carbonyl (C=O) groups excluding carboxylic acids is 1. The topological polar surface area (TPSA) is 81.4 Å². The highest BCUT2D eigenvalue weighted by atomic mass is 32.1. The van der Waals surface area contributed by atoms with Gasteiger partial charge in [-0.3, -0.25) is 9.59 Å². The van der Waals surface area contributed by atoms with Crippen LogP contribution in [-0.2, 0) is 16.1 Å². The van der Waals surface area contributed by atoms with Crippen LogP contribution in [0.4, 0.5) is 0 Å². The van der Waals surface area contributed by atoms with Crippen LogP contribution in [0.3, 0.4) is 0 Å². The molecule has 3 aromatic rings. The number of rotatable bonds is 9. The summed E-state index contributed by atoms with van der Waals surface area (Å²) < 4.78 is 1.16. The van der Waals surface area contributed by atoms with E-state index in [9.17, 15) is 14.7 Å². The number of aliphatic carboxylic acids is 1. The highest BCUT2D eigenvalue weighted by Crippen LogP contribution is 2.40. The first-order chi connectivity index (χ1) is 16.4. The number of fused-ring (bicyclic) bond motifs is 1. The Morgan fingerprint density at radius 3 is 2.50 bits per heavy atom. The van der Waals surface area contributed by atoms with E-state index in [4.69, 9.17) is 5.26 Å². The van der Waals surface area contributed by atoms with Crippen molar-refractivity contribution in [3.05, 3.63) is 59.7 Å². The van der Waals surface area contributed by atoms with Crippen molar-refractivity contribution in [1.29, 1.82) is 5.26 Å². The lowest BCUT2D eigenvalue weighted by Crippen LogP contribution is -2.43. The predicted molar refractivity (Wildman–Crippen MR) is 135 cm³/mol. The third-order valence-electron chi connectivity index (χ3n) is 6.86. The summed E-state index contributed by atoms with van der Waals surface area (Å²) in [6.07, 6.45) is 5.28. The molecular formula is C28H30N2O3S. The SMILES string of the molecule is CCCCC(=O)N(Cc1ccc2sc(-c3ccc(C#N)cc3)cc2c1)CC1(C(=O)O)CCCC1. The Balaban J connectivity index is 1.59. The number of nitriles is 1. The van der Waals surface area contributed by atoms with Gasteiger partial charge in [0, 0.05) is 29.1 Å². The third kappa shape index (κ3) is 5.15. The minimum Gasteiger partial charge on any atom is -0.481 e. The summed E-state index contributed by atoms with van der Waals surface area (Å²) in [5.41, 5.74) is 1.90. The number of hydrogen-bond donors (Lipinski definition) is 1. The average Bonchev–Trinajstić information content (AvgIpc) is 3.50. The van der Waals surface area contributed by atoms with Gasteiger partial charge in [0.2, 0.25) is 5.91 Å². The molecule has 1 heterocycles. The number of carbonyl (C=O) groups is 2. The number of benzene rings is 2. The fourth-order valence-corrected chi connectivity index (χ4v) is 5.89. The zero-order valence-electron chi connectivity index (χ0n) is 19.5. The van der Waals surface area contributed by atoms with Crippen molar-refractivity contribution >= 4 is 33.3 Å². The number of amides is 1. The Kier molecular flexibility index (Phi) is 7.33. The second-order valence-electron chi connectivity index (χ2n) is 9.32. The lowest BCUT2D eigenvalue weighted by Gasteiger charge is -2.32. The van der Waals surface area contributed by atoms with E-state index in [2.05, 4.69) is 31.2 Å². The molecule has 0 radical (unpaired) electrons. The highest BCUT2D eigenvalue weighted by Gasteiger charge is 2.43. The van der Waals surface area contributed by atoms with E-state index < -0.39 is 11.4 Å². The van der Waals surface area contributed by atoms with Gasteiger partial charge in [0.25, 0.3) is 0 Å². The van der Waals surface area contributed by atoms with E-state index in [1.807, 2.05) is 30.3 Å². The molecule has 1 amide bonds. The van der Waals surface area contributed by atoms with Gasteiger partial charge >= 0.3 is 5.97 Å². The predicted octanol–water partition coefficient (Wildman–Crippen LogP) is 6.60. The molecular weight excluding hydrogens is 444 g/mol. The van der Waals surface area contributed by atoms with E-state index in [1.54, 1.807) is 16.2 Å². The molecule has 0 aliphatic heterocycles. The maximum atomic E-state index is 13.1. The first kappa shape index (κ1) is 24.0. The van der Waals surface area contributed by atoms with Crippen molar-refractivity contribution < 1.29 is 14.7 Å². The fourth-order valence-electron chi connectivity index (χ4n) is 4.84. The molecule has 6 heteroatoms. The van der Waals surface area contributed by atoms with Crippen LogP contribution in [0.15, 0.2) is 48.5 Å². The number of thiophene rings is 1. The molecule has 1 aromatic heterocycles. The van der Waals surface area contributed by atoms with Crippen molar-refractivity contribution in [3.63, 3.8) is 0 Å². The van der Waals surface area contributed by atoms with Crippen LogP contribution in [0.1, 0.15) is 63.0 Å². The maximum Gasteiger partial charge on any atom is 0.311 e. The number of carboxylic acid groups (broad SMARTS) is 1. The molecule has 1 aliphatic carbocycles. The Morgan fingerprint density at radius 1 is 1.12 bits per heavy atom. The van der Waals surface area contributed by atoms with Crippen LogP contribution in [0.25, 0.3) is 20.5 Å². The molecule has 0 saturated heterocycles. The third-order valence-corrected chi connectivity index (χ3v) is 8.02. The molecule has 1 aliphatic rings. The molecule has 5 nitrogen and oxygen atoms in total. The average molecular weight is 475 g/mol. The lowest BCUT2D eigenvalue weighted by molar-refractivity contribution is -0.151. The minimum atomic E-state index is -0.822. The van der Waals surface area contributed by atoms with Crippen LogP contribution >= 0.6 is 11.3 Å². The first-order valence-corrected chi connectivity index (χ1v) is 12.8. The van der Waals surface area contributed by atoms with Crippen molar-refractivity contribution in [2.45, 2.75) is 58.4 Å². The Hall–Kier alpha value is -3.17. The van der Waals surface area contributed by atoms with Gasteiger partial charge in [0.05, 0.1) is 17.0 Å². The molecule has 34 heavy (non-hydrogen) atoms. The van der Waals surface area contributed by atoms with Crippen LogP contribution < -0.4 is 0 Å². The first-order valence-electron chi connectivity index (χ1n) is 12.0. The molecule has 1 saturated carbocycles. The van der Waals surface area contributed by atoms with Gasteiger partial charge in [-0.15, -0.1) is 11.3 Å². The van der Waals surface area contributed by atoms with Gasteiger partial charge < -0.3 is 10.0 Å². The molecule has 176 valence electrons. The Morgan fingerprint density at radius 2 is 1.85 bits per heavy atom. The summed E-state index contributed by atoms with van der Waals surface area (Å²) in [4.78, 5) is 28.1. The van der Waals surface area contributed by atoms with E-state index >= 15 is 0 Å². The Labute approximate surface area is 204 Å². The zero-order valence-corrected chi connectivity index (χ0v) is 20.4. The number of carboxylic acids is 1. The zero-order chi connectivity index (χ0) is 24.1. The van der Waals surface area contributed by atoms with E-state index in [-0.39, 0.29) is 12.5 Å². The van der Waals surface area contributed by atoms with Crippen LogP contribution in [0.5, 0.6) is 0 Å². The van der Waals surface area contributed by atoms with Gasteiger partial charge in [-0.2, -0.15) is 5.26 Å². The van der Waals surface area contributed by atoms with Gasteiger partial charge in [-0.1, -0.05) is 44.4 Å². The summed E-state index contributed by atoms with van der Waals surface area (Å²) >= 11 is 1.70. The van der Waals surface area contributed by atoms with Crippen molar-refractivity contribution in [1.82, 2.24) is 4.90 Å². The fraction of sp³-hybridized carbons (Fsp3) is 0.393. The van der Waals surface area contributed by atoms with Crippen molar-refractivity contribution in [3.8, 4) is 16.5 Å². The maximum absolute atomic E-state index is 13.1. The quantitative estimate of drug-likeness (QED) is 0.379. The number of nitrogens with zero attached hydrogens (tertiary/aromatic N) is 2. The van der Waals surface area contributed by atoms with E-state index in [1.165, 1.54) is 0 Å². The molecule has 2 aromatic carbocycles. The summed E-state index contributed by atoms with van der Waals surface area (Å²) in [5, 5.41) is 20.1. The number of hydrogen-bond acceptors (Lipinski definition) is 4. The largest absolute Gasteiger partial charge is 0.481 e. The molecule has 0 bridgehead atoms. The summed E-state index contributed by atoms with van der Waals surface area (Å²) in [5.74, 6) is -0.739. The van der Waals surface area contributed by atoms with Crippen LogP contribution in [0.2, 0.25) is 0 Å². The van der Waals surface area contributed by atoms with Crippen molar-refractivity contribution in [2.24, 2.45) is 5.41 Å². The summed E-state index contributed by atoms with van der Waals surface area (Å²) in [6, 6.07) is 18.1. The van der Waals surface area contributed by atoms with Gasteiger partial charge in [-0.05, 0) is 66.1 Å². The van der Waals surface area contributed by atoms with Gasteiger partial charge in [0.15, 0.2) is 0 Å². The standard InChI is InChI=1S/C28H30N2O3S/c1-2-3-6-26(31)30(19-28(27(32)33)13-4-5-14-28)18-21-9-12-24-23(15-21)16-25(34-24)22-10-7-20(17-29)8-11-22/h7-12,15-16H,2-6,13-14,18-19H2,1H3,(H,32,33). The summed E-state index contributed by atoms with van der Waals surface area (Å²) in [6.45, 7) is 2.77. The molecule has 0 spiro atoms. The van der Waals surface area contributed by atoms with Crippen LogP contribution in [-0.4, -0.2) is 28.4 Å². The molecule has 4 rings (SSSR count). The smallest absolute Gasteiger partial charge is 0.311 e. The van der Waals surface area contributed by atoms with Crippen LogP contribution in [0, 0.1) is 16.7 Å². The summed E-state index contributed by atoms with van der Waals surface area (Å²) in [7, 11) is 0. The normalized spacial score (nSPS) is 14.7. The highest BCUT2D eigenvalue weighted by molar-refractivity contribution is 7.22. The minimum absolute atomic E-state index is 0.0399. The van der Waals surface area contributed by atoms with E-state index in [0.29, 0.717) is 31.4 Å². The molecule has 1 N–H and O–H groups in total. The lowest BCUT2D eigenvalue weighted by atomic mass is 9.85. The second-order valence-corrected chi connectivity index (χ2v) is 10.4. The molecule has 0 atom stereocenters.